The van der Waals surface area contributed by atoms with Crippen LogP contribution in [0.25, 0.3) is 0 Å². The average molecular weight is 341 g/mol. The number of nitrogens with zero attached hydrogens (tertiary/aromatic N) is 5. The van der Waals surface area contributed by atoms with Crippen LogP contribution in [0.3, 0.4) is 0 Å². The van der Waals surface area contributed by atoms with Gasteiger partial charge in [0.05, 0.1) is 5.69 Å². The van der Waals surface area contributed by atoms with E-state index in [1.807, 2.05) is 12.3 Å². The molecule has 2 aromatic heterocycles. The van der Waals surface area contributed by atoms with Crippen molar-refractivity contribution in [2.24, 2.45) is 5.92 Å². The number of aromatic nitrogens is 4. The molecule has 6 heteroatoms. The van der Waals surface area contributed by atoms with Gasteiger partial charge in [0.15, 0.2) is 5.82 Å². The summed E-state index contributed by atoms with van der Waals surface area (Å²) >= 11 is 0. The molecule has 25 heavy (non-hydrogen) atoms. The second-order valence-electron chi connectivity index (χ2n) is 7.43. The minimum Gasteiger partial charge on any atom is -0.373 e. The summed E-state index contributed by atoms with van der Waals surface area (Å²) in [4.78, 5) is 7.06. The quantitative estimate of drug-likeness (QED) is 0.807. The summed E-state index contributed by atoms with van der Waals surface area (Å²) < 4.78 is 8.09. The van der Waals surface area contributed by atoms with Crippen molar-refractivity contribution in [3.8, 4) is 0 Å². The molecular formula is C19H27N5O. The van der Waals surface area contributed by atoms with Crippen molar-refractivity contribution in [3.63, 3.8) is 0 Å². The molecule has 0 spiro atoms. The largest absolute Gasteiger partial charge is 0.373 e. The van der Waals surface area contributed by atoms with E-state index in [0.29, 0.717) is 12.6 Å². The van der Waals surface area contributed by atoms with Crippen molar-refractivity contribution in [2.45, 2.75) is 58.8 Å². The van der Waals surface area contributed by atoms with Gasteiger partial charge in [-0.1, -0.05) is 6.07 Å². The van der Waals surface area contributed by atoms with E-state index >= 15 is 0 Å². The molecule has 0 aromatic carbocycles. The SMILES string of the molecule is Cc1cccnc1CN1CCn2c(COCC3CC3)nnc2C[C@@H]1C. The number of aryl methyl sites for hydroxylation is 1. The van der Waals surface area contributed by atoms with Gasteiger partial charge in [0.2, 0.25) is 0 Å². The molecule has 1 atom stereocenters. The van der Waals surface area contributed by atoms with Crippen LogP contribution in [-0.4, -0.2) is 43.8 Å². The lowest BCUT2D eigenvalue weighted by Gasteiger charge is -2.26. The highest BCUT2D eigenvalue weighted by atomic mass is 16.5. The van der Waals surface area contributed by atoms with Crippen molar-refractivity contribution in [2.75, 3.05) is 13.2 Å². The van der Waals surface area contributed by atoms with E-state index in [1.54, 1.807) is 0 Å². The fourth-order valence-corrected chi connectivity index (χ4v) is 3.44. The summed E-state index contributed by atoms with van der Waals surface area (Å²) in [5.41, 5.74) is 2.42. The molecule has 3 heterocycles. The zero-order valence-corrected chi connectivity index (χ0v) is 15.2. The highest BCUT2D eigenvalue weighted by Gasteiger charge is 2.25. The summed E-state index contributed by atoms with van der Waals surface area (Å²) in [6.07, 6.45) is 5.44. The standard InChI is InChI=1S/C19H27N5O/c1-14-4-3-7-20-17(14)11-23-8-9-24-18(10-15(23)2)21-22-19(24)13-25-12-16-5-6-16/h3-4,7,15-16H,5-6,8-13H2,1-2H3/t15-/m0/s1. The molecule has 2 aliphatic rings. The Labute approximate surface area is 149 Å². The summed E-state index contributed by atoms with van der Waals surface area (Å²) in [5, 5.41) is 8.80. The normalized spacial score (nSPS) is 21.1. The second kappa shape index (κ2) is 7.22. The molecular weight excluding hydrogens is 314 g/mol. The molecule has 1 aliphatic heterocycles. The topological polar surface area (TPSA) is 56.1 Å². The Morgan fingerprint density at radius 3 is 2.92 bits per heavy atom. The molecule has 4 rings (SSSR count). The van der Waals surface area contributed by atoms with E-state index in [9.17, 15) is 0 Å². The molecule has 1 fully saturated rings. The van der Waals surface area contributed by atoms with Crippen LogP contribution in [0.1, 0.15) is 42.7 Å². The lowest BCUT2D eigenvalue weighted by Crippen LogP contribution is -2.34. The maximum absolute atomic E-state index is 5.83. The van der Waals surface area contributed by atoms with Crippen molar-refractivity contribution in [1.82, 2.24) is 24.6 Å². The summed E-state index contributed by atoms with van der Waals surface area (Å²) in [5.74, 6) is 2.83. The van der Waals surface area contributed by atoms with Crippen molar-refractivity contribution < 1.29 is 4.74 Å². The summed E-state index contributed by atoms with van der Waals surface area (Å²) in [6.45, 7) is 8.64. The summed E-state index contributed by atoms with van der Waals surface area (Å²) in [7, 11) is 0. The third-order valence-corrected chi connectivity index (χ3v) is 5.37. The highest BCUT2D eigenvalue weighted by Crippen LogP contribution is 2.29. The van der Waals surface area contributed by atoms with Crippen LogP contribution in [-0.2, 0) is 30.9 Å². The first-order valence-corrected chi connectivity index (χ1v) is 9.34. The van der Waals surface area contributed by atoms with E-state index in [0.717, 1.165) is 50.2 Å². The van der Waals surface area contributed by atoms with Crippen molar-refractivity contribution in [1.29, 1.82) is 0 Å². The molecule has 0 N–H and O–H groups in total. The lowest BCUT2D eigenvalue weighted by atomic mass is 10.1. The minimum atomic E-state index is 0.423. The van der Waals surface area contributed by atoms with Crippen LogP contribution in [0.2, 0.25) is 0 Å². The van der Waals surface area contributed by atoms with Crippen LogP contribution in [0.5, 0.6) is 0 Å². The third-order valence-electron chi connectivity index (χ3n) is 5.37. The molecule has 1 aliphatic carbocycles. The van der Waals surface area contributed by atoms with E-state index in [4.69, 9.17) is 4.74 Å². The van der Waals surface area contributed by atoms with Crippen molar-refractivity contribution >= 4 is 0 Å². The number of rotatable bonds is 6. The van der Waals surface area contributed by atoms with Gasteiger partial charge in [-0.25, -0.2) is 0 Å². The molecule has 6 nitrogen and oxygen atoms in total. The van der Waals surface area contributed by atoms with Crippen LogP contribution in [0, 0.1) is 12.8 Å². The molecule has 0 amide bonds. The predicted molar refractivity (Wildman–Crippen MR) is 95.0 cm³/mol. The number of hydrogen-bond donors (Lipinski definition) is 0. The fourth-order valence-electron chi connectivity index (χ4n) is 3.44. The maximum Gasteiger partial charge on any atom is 0.159 e. The lowest BCUT2D eigenvalue weighted by molar-refractivity contribution is 0.103. The third kappa shape index (κ3) is 3.90. The average Bonchev–Trinajstić information content (AvgIpc) is 3.37. The number of hydrogen-bond acceptors (Lipinski definition) is 5. The van der Waals surface area contributed by atoms with E-state index in [1.165, 1.54) is 24.1 Å². The number of fused-ring (bicyclic) bond motifs is 1. The fraction of sp³-hybridized carbons (Fsp3) is 0.632. The summed E-state index contributed by atoms with van der Waals surface area (Å²) in [6, 6.07) is 4.56. The van der Waals surface area contributed by atoms with Crippen molar-refractivity contribution in [3.05, 3.63) is 41.2 Å². The van der Waals surface area contributed by atoms with Gasteiger partial charge >= 0.3 is 0 Å². The Morgan fingerprint density at radius 1 is 1.24 bits per heavy atom. The van der Waals surface area contributed by atoms with Gasteiger partial charge in [-0.05, 0) is 44.2 Å². The highest BCUT2D eigenvalue weighted by molar-refractivity contribution is 5.17. The molecule has 0 radical (unpaired) electrons. The minimum absolute atomic E-state index is 0.423. The Hall–Kier alpha value is -1.79. The van der Waals surface area contributed by atoms with Gasteiger partial charge in [-0.3, -0.25) is 9.88 Å². The number of pyridine rings is 1. The van der Waals surface area contributed by atoms with Crippen LogP contribution in [0.15, 0.2) is 18.3 Å². The first-order chi connectivity index (χ1) is 12.2. The zero-order valence-electron chi connectivity index (χ0n) is 15.2. The van der Waals surface area contributed by atoms with Gasteiger partial charge in [0, 0.05) is 44.9 Å². The molecule has 1 saturated carbocycles. The Balaban J connectivity index is 1.42. The first-order valence-electron chi connectivity index (χ1n) is 9.34. The smallest absolute Gasteiger partial charge is 0.159 e. The predicted octanol–water partition coefficient (Wildman–Crippen LogP) is 2.35. The molecule has 0 saturated heterocycles. The monoisotopic (exact) mass is 341 g/mol. The molecule has 2 aromatic rings. The molecule has 134 valence electrons. The van der Waals surface area contributed by atoms with E-state index in [-0.39, 0.29) is 0 Å². The number of ether oxygens (including phenoxy) is 1. The van der Waals surface area contributed by atoms with Gasteiger partial charge in [0.25, 0.3) is 0 Å². The second-order valence-corrected chi connectivity index (χ2v) is 7.43. The van der Waals surface area contributed by atoms with Gasteiger partial charge in [-0.15, -0.1) is 10.2 Å². The van der Waals surface area contributed by atoms with Crippen LogP contribution < -0.4 is 0 Å². The van der Waals surface area contributed by atoms with Gasteiger partial charge in [-0.2, -0.15) is 0 Å². The maximum atomic E-state index is 5.83. The van der Waals surface area contributed by atoms with Crippen LogP contribution >= 0.6 is 0 Å². The van der Waals surface area contributed by atoms with E-state index < -0.39 is 0 Å². The van der Waals surface area contributed by atoms with Gasteiger partial charge < -0.3 is 9.30 Å². The zero-order chi connectivity index (χ0) is 17.2. The first kappa shape index (κ1) is 16.7. The Bertz CT molecular complexity index is 724. The molecule has 0 unspecified atom stereocenters. The van der Waals surface area contributed by atoms with E-state index in [2.05, 4.69) is 44.6 Å². The van der Waals surface area contributed by atoms with Gasteiger partial charge in [0.1, 0.15) is 12.4 Å². The molecule has 0 bridgehead atoms. The Kier molecular flexibility index (Phi) is 4.81. The Morgan fingerprint density at radius 2 is 2.12 bits per heavy atom. The van der Waals surface area contributed by atoms with Crippen LogP contribution in [0.4, 0.5) is 0 Å².